The number of rotatable bonds is 3. The molecule has 1 aromatic carbocycles. The first-order chi connectivity index (χ1) is 11.7. The summed E-state index contributed by atoms with van der Waals surface area (Å²) in [5.41, 5.74) is 5.70. The molecule has 1 aliphatic heterocycles. The number of pyridine rings is 1. The van der Waals surface area contributed by atoms with Gasteiger partial charge in [0.1, 0.15) is 0 Å². The minimum atomic E-state index is 0.0156. The Morgan fingerprint density at radius 1 is 1.33 bits per heavy atom. The smallest absolute Gasteiger partial charge is 0.292 e. The van der Waals surface area contributed by atoms with Gasteiger partial charge in [-0.1, -0.05) is 6.92 Å². The van der Waals surface area contributed by atoms with Gasteiger partial charge in [0.05, 0.1) is 33.7 Å². The molecular weight excluding hydrogens is 320 g/mol. The fourth-order valence-corrected chi connectivity index (χ4v) is 3.91. The van der Waals surface area contributed by atoms with E-state index in [9.17, 15) is 4.79 Å². The number of benzene rings is 1. The highest BCUT2D eigenvalue weighted by Crippen LogP contribution is 2.33. The number of thiazole rings is 1. The average Bonchev–Trinajstić information content (AvgIpc) is 3.19. The Kier molecular flexibility index (Phi) is 3.69. The van der Waals surface area contributed by atoms with E-state index in [4.69, 9.17) is 0 Å². The number of carbonyl (C=O) groups excluding carboxylic acids is 1. The summed E-state index contributed by atoms with van der Waals surface area (Å²) in [6.07, 6.45) is 4.45. The van der Waals surface area contributed by atoms with Crippen molar-refractivity contribution in [2.75, 3.05) is 16.3 Å². The lowest BCUT2D eigenvalue weighted by Crippen LogP contribution is -2.35. The minimum Gasteiger partial charge on any atom is -0.292 e. The molecule has 0 saturated carbocycles. The van der Waals surface area contributed by atoms with Gasteiger partial charge in [0, 0.05) is 18.4 Å². The third-order valence-electron chi connectivity index (χ3n) is 4.56. The number of urea groups is 1. The van der Waals surface area contributed by atoms with Crippen molar-refractivity contribution in [1.29, 1.82) is 0 Å². The molecule has 122 valence electrons. The normalized spacial score (nSPS) is 17.9. The Hall–Kier alpha value is -2.47. The molecule has 1 unspecified atom stereocenters. The van der Waals surface area contributed by atoms with Gasteiger partial charge in [0.2, 0.25) is 0 Å². The summed E-state index contributed by atoms with van der Waals surface area (Å²) in [4.78, 5) is 25.4. The van der Waals surface area contributed by atoms with Gasteiger partial charge in [0.15, 0.2) is 0 Å². The van der Waals surface area contributed by atoms with Crippen molar-refractivity contribution < 1.29 is 4.79 Å². The standard InChI is InChI=1S/C18H18N4OS/c1-3-13-10-21(14-4-5-15-17(8-14)24-11-20-15)18(23)22(13)16-9-19-7-6-12(16)2/h4-9,11,13H,3,10H2,1-2H3. The van der Waals surface area contributed by atoms with Crippen LogP contribution in [-0.2, 0) is 0 Å². The third kappa shape index (κ3) is 2.34. The van der Waals surface area contributed by atoms with Crippen molar-refractivity contribution in [3.63, 3.8) is 0 Å². The summed E-state index contributed by atoms with van der Waals surface area (Å²) in [5, 5.41) is 0. The summed E-state index contributed by atoms with van der Waals surface area (Å²) < 4.78 is 1.10. The van der Waals surface area contributed by atoms with Crippen LogP contribution in [0.1, 0.15) is 18.9 Å². The minimum absolute atomic E-state index is 0.0156. The van der Waals surface area contributed by atoms with Gasteiger partial charge in [-0.05, 0) is 43.2 Å². The van der Waals surface area contributed by atoms with E-state index in [1.807, 2.05) is 40.4 Å². The number of fused-ring (bicyclic) bond motifs is 1. The van der Waals surface area contributed by atoms with Gasteiger partial charge < -0.3 is 0 Å². The van der Waals surface area contributed by atoms with Crippen molar-refractivity contribution >= 4 is 39.0 Å². The molecule has 0 N–H and O–H groups in total. The molecule has 24 heavy (non-hydrogen) atoms. The maximum Gasteiger partial charge on any atom is 0.329 e. The number of carbonyl (C=O) groups is 1. The van der Waals surface area contributed by atoms with Gasteiger partial charge in [0.25, 0.3) is 0 Å². The first-order valence-electron chi connectivity index (χ1n) is 8.03. The van der Waals surface area contributed by atoms with Gasteiger partial charge >= 0.3 is 6.03 Å². The van der Waals surface area contributed by atoms with Crippen LogP contribution in [0.4, 0.5) is 16.2 Å². The summed E-state index contributed by atoms with van der Waals surface area (Å²) >= 11 is 1.59. The molecule has 2 aromatic heterocycles. The fourth-order valence-electron chi connectivity index (χ4n) is 3.20. The highest BCUT2D eigenvalue weighted by molar-refractivity contribution is 7.16. The zero-order valence-corrected chi connectivity index (χ0v) is 14.5. The first kappa shape index (κ1) is 15.1. The Morgan fingerprint density at radius 3 is 3.00 bits per heavy atom. The van der Waals surface area contributed by atoms with Crippen LogP contribution in [0.5, 0.6) is 0 Å². The van der Waals surface area contributed by atoms with Crippen LogP contribution in [0, 0.1) is 6.92 Å². The van der Waals surface area contributed by atoms with E-state index in [-0.39, 0.29) is 12.1 Å². The number of hydrogen-bond acceptors (Lipinski definition) is 4. The molecule has 1 saturated heterocycles. The number of aryl methyl sites for hydroxylation is 1. The molecule has 6 heteroatoms. The van der Waals surface area contributed by atoms with E-state index >= 15 is 0 Å². The zero-order valence-electron chi connectivity index (χ0n) is 13.6. The highest BCUT2D eigenvalue weighted by Gasteiger charge is 2.38. The Bertz CT molecular complexity index is 907. The zero-order chi connectivity index (χ0) is 16.7. The molecule has 0 bridgehead atoms. The molecule has 2 amide bonds. The molecule has 1 fully saturated rings. The lowest BCUT2D eigenvalue weighted by Gasteiger charge is -2.23. The monoisotopic (exact) mass is 338 g/mol. The summed E-state index contributed by atoms with van der Waals surface area (Å²) in [7, 11) is 0. The van der Waals surface area contributed by atoms with Crippen LogP contribution in [0.3, 0.4) is 0 Å². The van der Waals surface area contributed by atoms with Crippen molar-refractivity contribution in [3.05, 3.63) is 47.7 Å². The van der Waals surface area contributed by atoms with E-state index in [1.54, 1.807) is 23.7 Å². The van der Waals surface area contributed by atoms with Gasteiger partial charge in [-0.15, -0.1) is 11.3 Å². The number of hydrogen-bond donors (Lipinski definition) is 0. The molecule has 0 aliphatic carbocycles. The van der Waals surface area contributed by atoms with Crippen LogP contribution < -0.4 is 9.80 Å². The number of amides is 2. The van der Waals surface area contributed by atoms with Crippen molar-refractivity contribution in [2.45, 2.75) is 26.3 Å². The number of aromatic nitrogens is 2. The van der Waals surface area contributed by atoms with E-state index in [0.29, 0.717) is 6.54 Å². The second kappa shape index (κ2) is 5.87. The van der Waals surface area contributed by atoms with E-state index < -0.39 is 0 Å². The second-order valence-corrected chi connectivity index (χ2v) is 6.88. The molecular formula is C18H18N4OS. The van der Waals surface area contributed by atoms with Crippen LogP contribution >= 0.6 is 11.3 Å². The summed E-state index contributed by atoms with van der Waals surface area (Å²) in [6.45, 7) is 4.82. The molecule has 3 aromatic rings. The van der Waals surface area contributed by atoms with Gasteiger partial charge in [-0.2, -0.15) is 0 Å². The first-order valence-corrected chi connectivity index (χ1v) is 8.91. The van der Waals surface area contributed by atoms with E-state index in [0.717, 1.165) is 33.6 Å². The Morgan fingerprint density at radius 2 is 2.21 bits per heavy atom. The third-order valence-corrected chi connectivity index (χ3v) is 5.36. The number of nitrogens with zero attached hydrogens (tertiary/aromatic N) is 4. The highest BCUT2D eigenvalue weighted by atomic mass is 32.1. The van der Waals surface area contributed by atoms with Crippen molar-refractivity contribution in [2.24, 2.45) is 0 Å². The van der Waals surface area contributed by atoms with E-state index in [1.165, 1.54) is 0 Å². The van der Waals surface area contributed by atoms with Crippen LogP contribution in [0.25, 0.3) is 10.2 Å². The van der Waals surface area contributed by atoms with E-state index in [2.05, 4.69) is 23.0 Å². The molecule has 4 rings (SSSR count). The van der Waals surface area contributed by atoms with Crippen LogP contribution in [0.15, 0.2) is 42.2 Å². The van der Waals surface area contributed by atoms with Gasteiger partial charge in [-0.25, -0.2) is 9.78 Å². The SMILES string of the molecule is CCC1CN(c2ccc3ncsc3c2)C(=O)N1c1cnccc1C. The van der Waals surface area contributed by atoms with Crippen molar-refractivity contribution in [3.8, 4) is 0 Å². The lowest BCUT2D eigenvalue weighted by molar-refractivity contribution is 0.255. The topological polar surface area (TPSA) is 49.3 Å². The maximum atomic E-state index is 13.1. The molecule has 1 atom stereocenters. The van der Waals surface area contributed by atoms with Crippen LogP contribution in [-0.4, -0.2) is 28.6 Å². The van der Waals surface area contributed by atoms with Gasteiger partial charge in [-0.3, -0.25) is 14.8 Å². The molecule has 0 radical (unpaired) electrons. The average molecular weight is 338 g/mol. The lowest BCUT2D eigenvalue weighted by atomic mass is 10.1. The Labute approximate surface area is 144 Å². The number of anilines is 2. The molecule has 0 spiro atoms. The second-order valence-electron chi connectivity index (χ2n) is 5.99. The Balaban J connectivity index is 1.73. The quantitative estimate of drug-likeness (QED) is 0.718. The molecule has 3 heterocycles. The summed E-state index contributed by atoms with van der Waals surface area (Å²) in [5.74, 6) is 0. The van der Waals surface area contributed by atoms with Crippen LogP contribution in [0.2, 0.25) is 0 Å². The molecule has 5 nitrogen and oxygen atoms in total. The molecule has 1 aliphatic rings. The fraction of sp³-hybridized carbons (Fsp3) is 0.278. The largest absolute Gasteiger partial charge is 0.329 e. The summed E-state index contributed by atoms with van der Waals surface area (Å²) in [6, 6.07) is 8.12. The predicted molar refractivity (Wildman–Crippen MR) is 97.9 cm³/mol. The predicted octanol–water partition coefficient (Wildman–Crippen LogP) is 4.22. The maximum absolute atomic E-state index is 13.1. The van der Waals surface area contributed by atoms with Crippen molar-refractivity contribution in [1.82, 2.24) is 9.97 Å².